The Morgan fingerprint density at radius 1 is 1.56 bits per heavy atom. The molecule has 0 aromatic heterocycles. The van der Waals surface area contributed by atoms with Crippen LogP contribution in [0.15, 0.2) is 0 Å². The molecule has 1 aliphatic rings. The zero-order chi connectivity index (χ0) is 6.69. The molecule has 54 valence electrons. The minimum atomic E-state index is 0.392. The predicted octanol–water partition coefficient (Wildman–Crippen LogP) is 2.29. The van der Waals surface area contributed by atoms with Crippen molar-refractivity contribution in [3.05, 3.63) is 0 Å². The van der Waals surface area contributed by atoms with Crippen LogP contribution in [0.25, 0.3) is 0 Å². The van der Waals surface area contributed by atoms with Crippen molar-refractivity contribution in [1.29, 1.82) is 0 Å². The monoisotopic (exact) mass is 239 g/mol. The summed E-state index contributed by atoms with van der Waals surface area (Å²) in [4.78, 5) is 0. The lowest BCUT2D eigenvalue weighted by Crippen LogP contribution is -2.16. The van der Waals surface area contributed by atoms with Gasteiger partial charge in [0, 0.05) is 0 Å². The zero-order valence-corrected chi connectivity index (χ0v) is 7.80. The molecule has 0 heterocycles. The van der Waals surface area contributed by atoms with Crippen LogP contribution in [0.4, 0.5) is 0 Å². The lowest BCUT2D eigenvalue weighted by molar-refractivity contribution is 0.290. The summed E-state index contributed by atoms with van der Waals surface area (Å²) in [5.41, 5.74) is 5.61. The van der Waals surface area contributed by atoms with E-state index in [2.05, 4.69) is 22.6 Å². The van der Waals surface area contributed by atoms with Crippen molar-refractivity contribution < 1.29 is 0 Å². The molecule has 0 bridgehead atoms. The first kappa shape index (κ1) is 7.79. The Labute approximate surface area is 70.5 Å². The van der Waals surface area contributed by atoms with Gasteiger partial charge < -0.3 is 5.73 Å². The highest BCUT2D eigenvalue weighted by Gasteiger charge is 2.16. The Morgan fingerprint density at radius 3 is 2.56 bits per heavy atom. The van der Waals surface area contributed by atoms with Gasteiger partial charge in [0.25, 0.3) is 0 Å². The maximum absolute atomic E-state index is 5.61. The van der Waals surface area contributed by atoms with E-state index in [1.54, 1.807) is 0 Å². The third-order valence-corrected chi connectivity index (χ3v) is 2.70. The first-order valence-corrected chi connectivity index (χ1v) is 4.93. The predicted molar refractivity (Wildman–Crippen MR) is 48.6 cm³/mol. The van der Waals surface area contributed by atoms with E-state index in [1.807, 2.05) is 0 Å². The highest BCUT2D eigenvalue weighted by molar-refractivity contribution is 14.1. The molecule has 0 saturated heterocycles. The van der Waals surface area contributed by atoms with Gasteiger partial charge in [-0.15, -0.1) is 0 Å². The van der Waals surface area contributed by atoms with Crippen LogP contribution in [0, 0.1) is 5.92 Å². The van der Waals surface area contributed by atoms with Gasteiger partial charge in [-0.1, -0.05) is 41.9 Å². The maximum Gasteiger partial charge on any atom is 0.0568 e. The van der Waals surface area contributed by atoms with Gasteiger partial charge in [-0.25, -0.2) is 0 Å². The van der Waals surface area contributed by atoms with Crippen LogP contribution in [-0.4, -0.2) is 4.05 Å². The summed E-state index contributed by atoms with van der Waals surface area (Å²) < 4.78 is 0.392. The number of alkyl halides is 1. The van der Waals surface area contributed by atoms with Crippen LogP contribution >= 0.6 is 22.6 Å². The number of rotatable bonds is 3. The Hall–Kier alpha value is 0.690. The molecule has 0 spiro atoms. The van der Waals surface area contributed by atoms with E-state index in [0.29, 0.717) is 4.05 Å². The summed E-state index contributed by atoms with van der Waals surface area (Å²) in [7, 11) is 0. The van der Waals surface area contributed by atoms with Crippen molar-refractivity contribution in [3.8, 4) is 0 Å². The van der Waals surface area contributed by atoms with E-state index in [1.165, 1.54) is 32.1 Å². The Bertz CT molecular complexity index is 79.0. The number of nitrogens with two attached hydrogens (primary N) is 1. The van der Waals surface area contributed by atoms with E-state index in [9.17, 15) is 0 Å². The summed E-state index contributed by atoms with van der Waals surface area (Å²) in [5, 5.41) is 0. The SMILES string of the molecule is NC(I)CCC1CCC1. The molecule has 1 rings (SSSR count). The highest BCUT2D eigenvalue weighted by atomic mass is 127. The minimum Gasteiger partial charge on any atom is -0.320 e. The average Bonchev–Trinajstić information content (AvgIpc) is 1.60. The second kappa shape index (κ2) is 3.76. The van der Waals surface area contributed by atoms with Gasteiger partial charge in [0.1, 0.15) is 0 Å². The molecule has 9 heavy (non-hydrogen) atoms. The minimum absolute atomic E-state index is 0.392. The quantitative estimate of drug-likeness (QED) is 0.456. The fraction of sp³-hybridized carbons (Fsp3) is 1.00. The van der Waals surface area contributed by atoms with Crippen LogP contribution in [0.5, 0.6) is 0 Å². The first-order chi connectivity index (χ1) is 4.29. The molecule has 0 aromatic rings. The summed E-state index contributed by atoms with van der Waals surface area (Å²) >= 11 is 2.29. The molecular formula is C7H14IN. The lowest BCUT2D eigenvalue weighted by Gasteiger charge is -2.25. The van der Waals surface area contributed by atoms with Crippen LogP contribution in [-0.2, 0) is 0 Å². The van der Waals surface area contributed by atoms with Gasteiger partial charge in [-0.05, 0) is 18.8 Å². The van der Waals surface area contributed by atoms with Crippen molar-refractivity contribution in [1.82, 2.24) is 0 Å². The molecule has 2 heteroatoms. The summed E-state index contributed by atoms with van der Waals surface area (Å²) in [6.07, 6.45) is 6.96. The van der Waals surface area contributed by atoms with Crippen molar-refractivity contribution >= 4 is 22.6 Å². The van der Waals surface area contributed by atoms with Crippen LogP contribution in [0.3, 0.4) is 0 Å². The van der Waals surface area contributed by atoms with Crippen molar-refractivity contribution in [2.75, 3.05) is 0 Å². The molecule has 1 unspecified atom stereocenters. The summed E-state index contributed by atoms with van der Waals surface area (Å²) in [6.45, 7) is 0. The van der Waals surface area contributed by atoms with Crippen LogP contribution in [0.1, 0.15) is 32.1 Å². The van der Waals surface area contributed by atoms with E-state index in [-0.39, 0.29) is 0 Å². The molecule has 2 N–H and O–H groups in total. The fourth-order valence-electron chi connectivity index (χ4n) is 1.18. The number of halogens is 1. The topological polar surface area (TPSA) is 26.0 Å². The molecule has 1 atom stereocenters. The van der Waals surface area contributed by atoms with Gasteiger partial charge in [-0.2, -0.15) is 0 Å². The smallest absolute Gasteiger partial charge is 0.0568 e. The molecule has 0 amide bonds. The molecular weight excluding hydrogens is 225 g/mol. The van der Waals surface area contributed by atoms with Gasteiger partial charge >= 0.3 is 0 Å². The van der Waals surface area contributed by atoms with Gasteiger partial charge in [0.15, 0.2) is 0 Å². The zero-order valence-electron chi connectivity index (χ0n) is 5.65. The highest BCUT2D eigenvalue weighted by Crippen LogP contribution is 2.30. The van der Waals surface area contributed by atoms with E-state index in [4.69, 9.17) is 5.73 Å². The Morgan fingerprint density at radius 2 is 2.22 bits per heavy atom. The average molecular weight is 239 g/mol. The van der Waals surface area contributed by atoms with E-state index in [0.717, 1.165) is 5.92 Å². The van der Waals surface area contributed by atoms with Gasteiger partial charge in [0.05, 0.1) is 4.05 Å². The molecule has 1 saturated carbocycles. The number of hydrogen-bond acceptors (Lipinski definition) is 1. The maximum atomic E-state index is 5.61. The molecule has 0 radical (unpaired) electrons. The summed E-state index contributed by atoms with van der Waals surface area (Å²) in [6, 6.07) is 0. The van der Waals surface area contributed by atoms with Gasteiger partial charge in [-0.3, -0.25) is 0 Å². The Balaban J connectivity index is 1.91. The molecule has 1 aliphatic carbocycles. The standard InChI is InChI=1S/C7H14IN/c8-7(9)5-4-6-2-1-3-6/h6-7H,1-5,9H2. The van der Waals surface area contributed by atoms with Crippen molar-refractivity contribution in [3.63, 3.8) is 0 Å². The van der Waals surface area contributed by atoms with E-state index < -0.39 is 0 Å². The lowest BCUT2D eigenvalue weighted by atomic mass is 9.82. The third-order valence-electron chi connectivity index (χ3n) is 2.08. The van der Waals surface area contributed by atoms with E-state index >= 15 is 0 Å². The fourth-order valence-corrected chi connectivity index (χ4v) is 1.54. The third kappa shape index (κ3) is 2.85. The second-order valence-corrected chi connectivity index (χ2v) is 4.49. The van der Waals surface area contributed by atoms with Crippen molar-refractivity contribution in [2.24, 2.45) is 11.7 Å². The molecule has 0 aromatic carbocycles. The van der Waals surface area contributed by atoms with Crippen molar-refractivity contribution in [2.45, 2.75) is 36.2 Å². The van der Waals surface area contributed by atoms with Crippen LogP contribution in [0.2, 0.25) is 0 Å². The molecule has 1 fully saturated rings. The largest absolute Gasteiger partial charge is 0.320 e. The van der Waals surface area contributed by atoms with Gasteiger partial charge in [0.2, 0.25) is 0 Å². The second-order valence-electron chi connectivity index (χ2n) is 2.89. The summed E-state index contributed by atoms with van der Waals surface area (Å²) in [5.74, 6) is 1.03. The van der Waals surface area contributed by atoms with Crippen LogP contribution < -0.4 is 5.73 Å². The number of hydrogen-bond donors (Lipinski definition) is 1. The molecule has 0 aliphatic heterocycles. The first-order valence-electron chi connectivity index (χ1n) is 3.68. The molecule has 1 nitrogen and oxygen atoms in total. The normalized spacial score (nSPS) is 23.3. The Kier molecular flexibility index (Phi) is 3.26.